The standard InChI is InChI=1S/C13H12N4OS/c1-18-8-6-10(19-7-8)12-11(13(14)17-16-12)9-4-2-3-5-15-9/h2-7H,1H3,(H3,14,16,17). The Morgan fingerprint density at radius 3 is 2.95 bits per heavy atom. The summed E-state index contributed by atoms with van der Waals surface area (Å²) in [4.78, 5) is 5.34. The number of ether oxygens (including phenoxy) is 1. The smallest absolute Gasteiger partial charge is 0.155 e. The molecule has 6 heteroatoms. The van der Waals surface area contributed by atoms with Gasteiger partial charge in [0.2, 0.25) is 0 Å². The van der Waals surface area contributed by atoms with Crippen LogP contribution in [0.25, 0.3) is 21.8 Å². The zero-order valence-electron chi connectivity index (χ0n) is 10.3. The molecule has 0 radical (unpaired) electrons. The lowest BCUT2D eigenvalue weighted by atomic mass is 10.1. The van der Waals surface area contributed by atoms with Gasteiger partial charge >= 0.3 is 0 Å². The van der Waals surface area contributed by atoms with Crippen LogP contribution in [0.5, 0.6) is 5.75 Å². The number of rotatable bonds is 3. The number of nitrogens with two attached hydrogens (primary N) is 1. The molecule has 3 heterocycles. The van der Waals surface area contributed by atoms with Crippen molar-refractivity contribution in [3.8, 4) is 27.6 Å². The summed E-state index contributed by atoms with van der Waals surface area (Å²) in [6.07, 6.45) is 1.74. The molecule has 0 saturated carbocycles. The van der Waals surface area contributed by atoms with E-state index in [1.807, 2.05) is 29.6 Å². The number of hydrogen-bond donors (Lipinski definition) is 2. The highest BCUT2D eigenvalue weighted by atomic mass is 32.1. The third-order valence-electron chi connectivity index (χ3n) is 2.77. The number of aromatic nitrogens is 3. The second kappa shape index (κ2) is 4.74. The van der Waals surface area contributed by atoms with Crippen molar-refractivity contribution in [2.75, 3.05) is 12.8 Å². The predicted molar refractivity (Wildman–Crippen MR) is 76.1 cm³/mol. The number of H-pyrrole nitrogens is 1. The molecule has 0 atom stereocenters. The highest BCUT2D eigenvalue weighted by molar-refractivity contribution is 7.13. The molecule has 0 amide bonds. The lowest BCUT2D eigenvalue weighted by Gasteiger charge is -2.01. The Bertz CT molecular complexity index is 690. The van der Waals surface area contributed by atoms with E-state index in [2.05, 4.69) is 15.2 Å². The number of nitrogens with one attached hydrogen (secondary N) is 1. The molecule has 3 N–H and O–H groups in total. The van der Waals surface area contributed by atoms with Crippen LogP contribution in [0.1, 0.15) is 0 Å². The molecule has 96 valence electrons. The van der Waals surface area contributed by atoms with E-state index in [-0.39, 0.29) is 0 Å². The van der Waals surface area contributed by atoms with Gasteiger partial charge in [-0.25, -0.2) is 0 Å². The zero-order chi connectivity index (χ0) is 13.2. The summed E-state index contributed by atoms with van der Waals surface area (Å²) in [5, 5.41) is 8.99. The topological polar surface area (TPSA) is 76.8 Å². The second-order valence-corrected chi connectivity index (χ2v) is 4.84. The first kappa shape index (κ1) is 11.7. The van der Waals surface area contributed by atoms with Gasteiger partial charge in [-0.1, -0.05) is 6.07 Å². The van der Waals surface area contributed by atoms with Crippen LogP contribution in [0.15, 0.2) is 35.8 Å². The Balaban J connectivity index is 2.13. The average molecular weight is 272 g/mol. The minimum absolute atomic E-state index is 0.445. The van der Waals surface area contributed by atoms with Gasteiger partial charge in [-0.2, -0.15) is 5.10 Å². The lowest BCUT2D eigenvalue weighted by molar-refractivity contribution is 0.417. The molecule has 19 heavy (non-hydrogen) atoms. The number of nitrogen functional groups attached to an aromatic ring is 1. The van der Waals surface area contributed by atoms with E-state index in [1.54, 1.807) is 24.6 Å². The van der Waals surface area contributed by atoms with E-state index in [4.69, 9.17) is 10.5 Å². The number of nitrogens with zero attached hydrogens (tertiary/aromatic N) is 2. The Morgan fingerprint density at radius 2 is 2.26 bits per heavy atom. The molecule has 3 rings (SSSR count). The summed E-state index contributed by atoms with van der Waals surface area (Å²) < 4.78 is 5.20. The van der Waals surface area contributed by atoms with Crippen LogP contribution in [0.4, 0.5) is 5.82 Å². The van der Waals surface area contributed by atoms with Gasteiger partial charge in [-0.3, -0.25) is 10.1 Å². The van der Waals surface area contributed by atoms with E-state index in [9.17, 15) is 0 Å². The maximum atomic E-state index is 5.94. The summed E-state index contributed by atoms with van der Waals surface area (Å²) in [5.74, 6) is 1.27. The molecule has 0 aliphatic heterocycles. The third kappa shape index (κ3) is 2.06. The molecule has 0 bridgehead atoms. The first-order valence-corrected chi connectivity index (χ1v) is 6.55. The highest BCUT2D eigenvalue weighted by Gasteiger charge is 2.17. The van der Waals surface area contributed by atoms with Crippen molar-refractivity contribution in [1.29, 1.82) is 0 Å². The van der Waals surface area contributed by atoms with Crippen LogP contribution in [-0.4, -0.2) is 22.3 Å². The van der Waals surface area contributed by atoms with E-state index < -0.39 is 0 Å². The fourth-order valence-corrected chi connectivity index (χ4v) is 2.72. The summed E-state index contributed by atoms with van der Waals surface area (Å²) >= 11 is 1.57. The van der Waals surface area contributed by atoms with Crippen molar-refractivity contribution in [3.05, 3.63) is 35.8 Å². The van der Waals surface area contributed by atoms with Gasteiger partial charge in [0, 0.05) is 17.6 Å². The molecule has 0 aliphatic rings. The number of pyridine rings is 1. The number of anilines is 1. The first-order chi connectivity index (χ1) is 9.29. The van der Waals surface area contributed by atoms with Crippen molar-refractivity contribution < 1.29 is 4.74 Å². The van der Waals surface area contributed by atoms with Gasteiger partial charge in [0.15, 0.2) is 5.82 Å². The van der Waals surface area contributed by atoms with Gasteiger partial charge < -0.3 is 10.5 Å². The van der Waals surface area contributed by atoms with Gasteiger partial charge in [-0.05, 0) is 12.1 Å². The molecule has 3 aromatic rings. The van der Waals surface area contributed by atoms with Crippen LogP contribution in [0.2, 0.25) is 0 Å². The summed E-state index contributed by atoms with van der Waals surface area (Å²) in [5.41, 5.74) is 8.43. The van der Waals surface area contributed by atoms with Crippen LogP contribution in [0.3, 0.4) is 0 Å². The van der Waals surface area contributed by atoms with Crippen molar-refractivity contribution in [3.63, 3.8) is 0 Å². The quantitative estimate of drug-likeness (QED) is 0.768. The summed E-state index contributed by atoms with van der Waals surface area (Å²) in [6, 6.07) is 7.65. The molecule has 0 aliphatic carbocycles. The highest BCUT2D eigenvalue weighted by Crippen LogP contribution is 2.38. The monoisotopic (exact) mass is 272 g/mol. The molecule has 0 spiro atoms. The van der Waals surface area contributed by atoms with Crippen LogP contribution >= 0.6 is 11.3 Å². The average Bonchev–Trinajstić information content (AvgIpc) is 3.05. The van der Waals surface area contributed by atoms with Crippen LogP contribution in [0, 0.1) is 0 Å². The van der Waals surface area contributed by atoms with Gasteiger partial charge in [0.05, 0.1) is 28.9 Å². The molecule has 0 aromatic carbocycles. The number of aromatic amines is 1. The van der Waals surface area contributed by atoms with Gasteiger partial charge in [0.1, 0.15) is 5.75 Å². The van der Waals surface area contributed by atoms with E-state index >= 15 is 0 Å². The maximum Gasteiger partial charge on any atom is 0.155 e. The minimum Gasteiger partial charge on any atom is -0.496 e. The SMILES string of the molecule is COc1csc(-c2[nH]nc(N)c2-c2ccccn2)c1. The maximum absolute atomic E-state index is 5.94. The number of methoxy groups -OCH3 is 1. The number of hydrogen-bond acceptors (Lipinski definition) is 5. The molecule has 3 aromatic heterocycles. The van der Waals surface area contributed by atoms with Crippen LogP contribution < -0.4 is 10.5 Å². The van der Waals surface area contributed by atoms with Crippen molar-refractivity contribution in [1.82, 2.24) is 15.2 Å². The Kier molecular flexibility index (Phi) is 2.92. The fraction of sp³-hybridized carbons (Fsp3) is 0.0769. The second-order valence-electron chi connectivity index (χ2n) is 3.92. The molecule has 5 nitrogen and oxygen atoms in total. The van der Waals surface area contributed by atoms with E-state index in [0.29, 0.717) is 5.82 Å². The van der Waals surface area contributed by atoms with Crippen LogP contribution in [-0.2, 0) is 0 Å². The fourth-order valence-electron chi connectivity index (χ4n) is 1.86. The van der Waals surface area contributed by atoms with Crippen molar-refractivity contribution >= 4 is 17.2 Å². The molecule has 0 unspecified atom stereocenters. The van der Waals surface area contributed by atoms with Crippen molar-refractivity contribution in [2.24, 2.45) is 0 Å². The molecule has 0 fully saturated rings. The predicted octanol–water partition coefficient (Wildman–Crippen LogP) is 2.79. The molecular formula is C13H12N4OS. The normalized spacial score (nSPS) is 10.6. The largest absolute Gasteiger partial charge is 0.496 e. The van der Waals surface area contributed by atoms with Crippen molar-refractivity contribution in [2.45, 2.75) is 0 Å². The molecular weight excluding hydrogens is 260 g/mol. The zero-order valence-corrected chi connectivity index (χ0v) is 11.1. The third-order valence-corrected chi connectivity index (χ3v) is 3.70. The first-order valence-electron chi connectivity index (χ1n) is 5.67. The van der Waals surface area contributed by atoms with E-state index in [0.717, 1.165) is 27.6 Å². The lowest BCUT2D eigenvalue weighted by Crippen LogP contribution is -1.90. The Hall–Kier alpha value is -2.34. The van der Waals surface area contributed by atoms with Gasteiger partial charge in [-0.15, -0.1) is 11.3 Å². The summed E-state index contributed by atoms with van der Waals surface area (Å²) in [7, 11) is 1.65. The number of thiophene rings is 1. The van der Waals surface area contributed by atoms with E-state index in [1.165, 1.54) is 0 Å². The Morgan fingerprint density at radius 1 is 1.37 bits per heavy atom. The Labute approximate surface area is 114 Å². The summed E-state index contributed by atoms with van der Waals surface area (Å²) in [6.45, 7) is 0. The minimum atomic E-state index is 0.445. The van der Waals surface area contributed by atoms with Gasteiger partial charge in [0.25, 0.3) is 0 Å². The molecule has 0 saturated heterocycles.